The van der Waals surface area contributed by atoms with Gasteiger partial charge in [0.1, 0.15) is 6.02 Å². The van der Waals surface area contributed by atoms with Crippen molar-refractivity contribution in [2.45, 2.75) is 6.02 Å². The Hall–Kier alpha value is -1.37. The number of morpholine rings is 1. The van der Waals surface area contributed by atoms with Crippen LogP contribution < -0.4 is 0 Å². The van der Waals surface area contributed by atoms with Crippen molar-refractivity contribution in [3.8, 4) is 6.07 Å². The fourth-order valence-electron chi connectivity index (χ4n) is 1.70. The van der Waals surface area contributed by atoms with Gasteiger partial charge >= 0.3 is 0 Å². The third-order valence-corrected chi connectivity index (χ3v) is 2.48. The summed E-state index contributed by atoms with van der Waals surface area (Å²) in [7, 11) is 0. The van der Waals surface area contributed by atoms with Crippen LogP contribution >= 0.6 is 0 Å². The summed E-state index contributed by atoms with van der Waals surface area (Å²) in [6, 6.07) is 10.1. The van der Waals surface area contributed by atoms with Crippen LogP contribution in [-0.2, 0) is 4.74 Å². The van der Waals surface area contributed by atoms with E-state index in [1.54, 1.807) is 0 Å². The average molecular weight is 203 g/mol. The first-order valence-corrected chi connectivity index (χ1v) is 5.07. The molecular formula is C12H14N2O. The van der Waals surface area contributed by atoms with E-state index in [0.717, 1.165) is 5.56 Å². The Balaban J connectivity index is 2.29. The van der Waals surface area contributed by atoms with Crippen molar-refractivity contribution in [3.63, 3.8) is 0 Å². The zero-order chi connectivity index (χ0) is 11.4. The summed E-state index contributed by atoms with van der Waals surface area (Å²) in [6.45, 7) is 2.45. The van der Waals surface area contributed by atoms with Gasteiger partial charge in [-0.05, 0) is 5.56 Å². The summed E-state index contributed by atoms with van der Waals surface area (Å²) in [5.74, 6) is 0. The molecule has 1 aromatic rings. The maximum Gasteiger partial charge on any atom is 0.124 e. The summed E-state index contributed by atoms with van der Waals surface area (Å²) >= 11 is 0. The quantitative estimate of drug-likeness (QED) is 0.732. The van der Waals surface area contributed by atoms with Crippen LogP contribution in [0.25, 0.3) is 0 Å². The lowest BCUT2D eigenvalue weighted by molar-refractivity contribution is 0.0266. The number of hydrogen-bond acceptors (Lipinski definition) is 3. The second-order valence-corrected chi connectivity index (χ2v) is 3.43. The molecule has 78 valence electrons. The molecule has 0 amide bonds. The van der Waals surface area contributed by atoms with Crippen LogP contribution in [-0.4, -0.2) is 31.2 Å². The van der Waals surface area contributed by atoms with Crippen molar-refractivity contribution < 1.29 is 6.11 Å². The minimum atomic E-state index is -1.29. The Labute approximate surface area is 91.3 Å². The zero-order valence-electron chi connectivity index (χ0n) is 9.52. The van der Waals surface area contributed by atoms with Crippen molar-refractivity contribution in [2.75, 3.05) is 26.3 Å². The molecule has 1 heterocycles. The molecule has 2 rings (SSSR count). The van der Waals surface area contributed by atoms with E-state index in [4.69, 9.17) is 6.11 Å². The first kappa shape index (κ1) is 8.90. The van der Waals surface area contributed by atoms with E-state index in [1.807, 2.05) is 35.2 Å². The van der Waals surface area contributed by atoms with Gasteiger partial charge in [-0.2, -0.15) is 5.26 Å². The highest BCUT2D eigenvalue weighted by Gasteiger charge is 2.21. The molecule has 1 aromatic carbocycles. The third-order valence-electron chi connectivity index (χ3n) is 2.48. The van der Waals surface area contributed by atoms with Crippen LogP contribution in [0.1, 0.15) is 13.0 Å². The van der Waals surface area contributed by atoms with Gasteiger partial charge in [0.05, 0.1) is 20.7 Å². The second-order valence-electron chi connectivity index (χ2n) is 3.43. The van der Waals surface area contributed by atoms with Crippen molar-refractivity contribution >= 4 is 0 Å². The monoisotopic (exact) mass is 203 g/mol. The van der Waals surface area contributed by atoms with Crippen molar-refractivity contribution in [1.29, 1.82) is 5.26 Å². The van der Waals surface area contributed by atoms with Crippen molar-refractivity contribution in [3.05, 3.63) is 35.9 Å². The molecule has 0 saturated carbocycles. The fourth-order valence-corrected chi connectivity index (χ4v) is 1.70. The maximum atomic E-state index is 9.27. The van der Waals surface area contributed by atoms with Gasteiger partial charge in [0.15, 0.2) is 0 Å². The summed E-state index contributed by atoms with van der Waals surface area (Å²) in [5.41, 5.74) is 0.722. The summed E-state index contributed by atoms with van der Waals surface area (Å²) in [6.07, 6.45) is 0. The molecule has 0 aliphatic carbocycles. The molecule has 3 heteroatoms. The number of ether oxygens (including phenoxy) is 1. The molecule has 1 aliphatic heterocycles. The first-order chi connectivity index (χ1) is 7.77. The molecule has 1 saturated heterocycles. The Morgan fingerprint density at radius 3 is 2.60 bits per heavy atom. The van der Waals surface area contributed by atoms with E-state index < -0.39 is 6.02 Å². The lowest BCUT2D eigenvalue weighted by atomic mass is 10.1. The van der Waals surface area contributed by atoms with E-state index >= 15 is 0 Å². The highest BCUT2D eigenvalue weighted by Crippen LogP contribution is 2.20. The number of rotatable bonds is 2. The molecule has 0 radical (unpaired) electrons. The van der Waals surface area contributed by atoms with Crippen molar-refractivity contribution in [2.24, 2.45) is 0 Å². The van der Waals surface area contributed by atoms with Gasteiger partial charge < -0.3 is 4.74 Å². The smallest absolute Gasteiger partial charge is 0.124 e. The lowest BCUT2D eigenvalue weighted by Gasteiger charge is -2.30. The lowest BCUT2D eigenvalue weighted by Crippen LogP contribution is -2.38. The summed E-state index contributed by atoms with van der Waals surface area (Å²) in [5, 5.41) is 9.27. The second kappa shape index (κ2) is 4.92. The SMILES string of the molecule is [2H]C(C#N)(c1ccccc1)N1CCOCC1. The summed E-state index contributed by atoms with van der Waals surface area (Å²) < 4.78 is 13.6. The van der Waals surface area contributed by atoms with Gasteiger partial charge in [0, 0.05) is 13.1 Å². The van der Waals surface area contributed by atoms with Crippen LogP contribution in [0.2, 0.25) is 0 Å². The fraction of sp³-hybridized carbons (Fsp3) is 0.417. The number of hydrogen-bond donors (Lipinski definition) is 0. The van der Waals surface area contributed by atoms with Crippen LogP contribution in [0.4, 0.5) is 0 Å². The van der Waals surface area contributed by atoms with Crippen molar-refractivity contribution in [1.82, 2.24) is 4.90 Å². The standard InChI is InChI=1S/C12H14N2O/c13-10-12(11-4-2-1-3-5-11)14-6-8-15-9-7-14/h1-5,12H,6-9H2/i12D. The molecule has 0 bridgehead atoms. The molecule has 0 spiro atoms. The Bertz CT molecular complexity index is 384. The van der Waals surface area contributed by atoms with Gasteiger partial charge in [0.25, 0.3) is 0 Å². The molecule has 0 aromatic heterocycles. The minimum Gasteiger partial charge on any atom is -0.379 e. The van der Waals surface area contributed by atoms with Crippen LogP contribution in [0, 0.1) is 11.3 Å². The van der Waals surface area contributed by atoms with Crippen LogP contribution in [0.15, 0.2) is 30.3 Å². The van der Waals surface area contributed by atoms with Gasteiger partial charge in [-0.25, -0.2) is 0 Å². The maximum absolute atomic E-state index is 9.27. The van der Waals surface area contributed by atoms with Gasteiger partial charge in [0.2, 0.25) is 0 Å². The molecular weight excluding hydrogens is 188 g/mol. The van der Waals surface area contributed by atoms with E-state index in [2.05, 4.69) is 6.07 Å². The van der Waals surface area contributed by atoms with Crippen LogP contribution in [0.3, 0.4) is 0 Å². The van der Waals surface area contributed by atoms with Crippen LogP contribution in [0.5, 0.6) is 0 Å². The molecule has 1 aliphatic rings. The average Bonchev–Trinajstić information content (AvgIpc) is 2.40. The van der Waals surface area contributed by atoms with E-state index in [9.17, 15) is 5.26 Å². The third kappa shape index (κ3) is 2.35. The highest BCUT2D eigenvalue weighted by molar-refractivity contribution is 5.24. The molecule has 1 fully saturated rings. The van der Waals surface area contributed by atoms with Gasteiger partial charge in [-0.15, -0.1) is 0 Å². The Morgan fingerprint density at radius 1 is 1.33 bits per heavy atom. The first-order valence-electron chi connectivity index (χ1n) is 5.57. The zero-order valence-corrected chi connectivity index (χ0v) is 8.52. The van der Waals surface area contributed by atoms with Gasteiger partial charge in [-0.3, -0.25) is 4.90 Å². The predicted octanol–water partition coefficient (Wildman–Crippen LogP) is 1.58. The predicted molar refractivity (Wildman–Crippen MR) is 57.2 cm³/mol. The summed E-state index contributed by atoms with van der Waals surface area (Å²) in [4.78, 5) is 1.85. The molecule has 1 unspecified atom stereocenters. The Kier molecular flexibility index (Phi) is 2.92. The minimum absolute atomic E-state index is 0.592. The molecule has 1 atom stereocenters. The Morgan fingerprint density at radius 2 is 2.00 bits per heavy atom. The molecule has 3 nitrogen and oxygen atoms in total. The topological polar surface area (TPSA) is 36.3 Å². The molecule has 0 N–H and O–H groups in total. The highest BCUT2D eigenvalue weighted by atomic mass is 16.5. The number of nitriles is 1. The van der Waals surface area contributed by atoms with E-state index in [-0.39, 0.29) is 0 Å². The largest absolute Gasteiger partial charge is 0.379 e. The van der Waals surface area contributed by atoms with E-state index in [1.165, 1.54) is 0 Å². The van der Waals surface area contributed by atoms with E-state index in [0.29, 0.717) is 26.3 Å². The number of nitrogens with zero attached hydrogens (tertiary/aromatic N) is 2. The van der Waals surface area contributed by atoms with Gasteiger partial charge in [-0.1, -0.05) is 30.3 Å². The number of benzene rings is 1. The normalized spacial score (nSPS) is 22.5. The molecule has 15 heavy (non-hydrogen) atoms.